The average molecular weight is 467 g/mol. The number of fused-ring (bicyclic) bond motifs is 1. The summed E-state index contributed by atoms with van der Waals surface area (Å²) in [6.45, 7) is 1.88. The number of rotatable bonds is 7. The number of sulfonamides is 1. The molecule has 4 aromatic rings. The summed E-state index contributed by atoms with van der Waals surface area (Å²) in [7, 11) is -0.859. The number of methoxy groups -OCH3 is 1. The molecular formula is C23H22N4O5S. The molecule has 0 saturated carbocycles. The molecule has 10 heteroatoms. The fraction of sp³-hybridized carbons (Fsp3) is 0.174. The molecule has 0 aliphatic carbocycles. The second kappa shape index (κ2) is 8.91. The molecule has 2 aromatic heterocycles. The lowest BCUT2D eigenvalue weighted by Crippen LogP contribution is -2.22. The molecule has 0 radical (unpaired) electrons. The van der Waals surface area contributed by atoms with Crippen LogP contribution in [0.5, 0.6) is 0 Å². The van der Waals surface area contributed by atoms with Crippen molar-refractivity contribution in [2.24, 2.45) is 0 Å². The number of nitrogens with zero attached hydrogens (tertiary/aromatic N) is 3. The second-order valence-electron chi connectivity index (χ2n) is 7.33. The molecule has 0 fully saturated rings. The molecule has 1 N–H and O–H groups in total. The largest absolute Gasteiger partial charge is 0.465 e. The number of furan rings is 1. The molecule has 170 valence electrons. The highest BCUT2D eigenvalue weighted by Gasteiger charge is 2.22. The third-order valence-electron chi connectivity index (χ3n) is 4.97. The third-order valence-corrected chi connectivity index (χ3v) is 6.32. The Morgan fingerprint density at radius 3 is 2.36 bits per heavy atom. The van der Waals surface area contributed by atoms with E-state index in [2.05, 4.69) is 14.7 Å². The number of ether oxygens (including phenoxy) is 1. The zero-order valence-electron chi connectivity index (χ0n) is 18.3. The van der Waals surface area contributed by atoms with Gasteiger partial charge in [0.15, 0.2) is 11.6 Å². The first-order valence-corrected chi connectivity index (χ1v) is 11.5. The number of hydrogen-bond donors (Lipinski definition) is 1. The smallest absolute Gasteiger partial charge is 0.341 e. The molecule has 2 aromatic carbocycles. The van der Waals surface area contributed by atoms with Gasteiger partial charge in [-0.1, -0.05) is 30.3 Å². The first-order chi connectivity index (χ1) is 15.8. The highest BCUT2D eigenvalue weighted by molar-refractivity contribution is 7.92. The Hall–Kier alpha value is -3.92. The van der Waals surface area contributed by atoms with E-state index >= 15 is 0 Å². The summed E-state index contributed by atoms with van der Waals surface area (Å²) in [6.07, 6.45) is 0. The van der Waals surface area contributed by atoms with Gasteiger partial charge in [0.05, 0.1) is 29.6 Å². The van der Waals surface area contributed by atoms with E-state index in [-0.39, 0.29) is 17.3 Å². The summed E-state index contributed by atoms with van der Waals surface area (Å²) < 4.78 is 38.9. The van der Waals surface area contributed by atoms with Crippen LogP contribution in [0.3, 0.4) is 0 Å². The third kappa shape index (κ3) is 4.65. The highest BCUT2D eigenvalue weighted by Crippen LogP contribution is 2.28. The molecule has 0 bridgehead atoms. The van der Waals surface area contributed by atoms with Crippen molar-refractivity contribution in [3.63, 3.8) is 0 Å². The van der Waals surface area contributed by atoms with Gasteiger partial charge in [-0.2, -0.15) is 0 Å². The van der Waals surface area contributed by atoms with Gasteiger partial charge in [0.25, 0.3) is 10.0 Å². The SMILES string of the molecule is COC(=O)c1cc(CN(C)c2nc3ccccc3nc2NS(=O)(=O)c2ccccc2)oc1C. The van der Waals surface area contributed by atoms with Crippen LogP contribution in [0.1, 0.15) is 21.9 Å². The van der Waals surface area contributed by atoms with Crippen LogP contribution in [0.15, 0.2) is 70.0 Å². The standard InChI is InChI=1S/C23H22N4O5S/c1-15-18(23(28)31-3)13-16(32-15)14-27(2)22-21(24-19-11-7-8-12-20(19)25-22)26-33(29,30)17-9-5-4-6-10-17/h4-13H,14H2,1-3H3,(H,24,26). The Bertz CT molecular complexity index is 1420. The summed E-state index contributed by atoms with van der Waals surface area (Å²) in [5.74, 6) is 0.812. The van der Waals surface area contributed by atoms with Crippen LogP contribution in [0, 0.1) is 6.92 Å². The maximum atomic E-state index is 13.0. The number of anilines is 2. The molecule has 0 saturated heterocycles. The minimum atomic E-state index is -3.89. The molecule has 2 heterocycles. The number of nitrogens with one attached hydrogen (secondary N) is 1. The van der Waals surface area contributed by atoms with Gasteiger partial charge in [-0.05, 0) is 37.3 Å². The van der Waals surface area contributed by atoms with Gasteiger partial charge in [0.1, 0.15) is 17.1 Å². The lowest BCUT2D eigenvalue weighted by atomic mass is 10.2. The van der Waals surface area contributed by atoms with Crippen LogP contribution in [-0.4, -0.2) is 38.5 Å². The number of para-hydroxylation sites is 2. The minimum absolute atomic E-state index is 0.0801. The van der Waals surface area contributed by atoms with Crippen molar-refractivity contribution >= 4 is 38.7 Å². The number of hydrogen-bond acceptors (Lipinski definition) is 8. The Labute approximate surface area is 191 Å². The summed E-state index contributed by atoms with van der Waals surface area (Å²) in [5, 5.41) is 0. The predicted octanol–water partition coefficient (Wildman–Crippen LogP) is 3.76. The lowest BCUT2D eigenvalue weighted by Gasteiger charge is -2.20. The average Bonchev–Trinajstić information content (AvgIpc) is 3.18. The maximum Gasteiger partial charge on any atom is 0.341 e. The summed E-state index contributed by atoms with van der Waals surface area (Å²) in [6, 6.07) is 16.8. The van der Waals surface area contributed by atoms with Crippen LogP contribution < -0.4 is 9.62 Å². The first kappa shape index (κ1) is 22.3. The molecule has 4 rings (SSSR count). The maximum absolute atomic E-state index is 13.0. The van der Waals surface area contributed by atoms with Crippen molar-refractivity contribution in [3.05, 3.63) is 77.7 Å². The summed E-state index contributed by atoms with van der Waals surface area (Å²) in [4.78, 5) is 22.9. The van der Waals surface area contributed by atoms with E-state index in [9.17, 15) is 13.2 Å². The molecule has 0 unspecified atom stereocenters. The van der Waals surface area contributed by atoms with E-state index in [1.807, 2.05) is 6.07 Å². The number of aromatic nitrogens is 2. The van der Waals surface area contributed by atoms with Gasteiger partial charge in [-0.3, -0.25) is 4.72 Å². The van der Waals surface area contributed by atoms with Gasteiger partial charge in [0.2, 0.25) is 0 Å². The molecule has 0 amide bonds. The molecule has 0 atom stereocenters. The zero-order chi connectivity index (χ0) is 23.6. The van der Waals surface area contributed by atoms with E-state index in [1.165, 1.54) is 19.2 Å². The fourth-order valence-corrected chi connectivity index (χ4v) is 4.38. The molecule has 0 aliphatic rings. The predicted molar refractivity (Wildman–Crippen MR) is 124 cm³/mol. The molecular weight excluding hydrogens is 444 g/mol. The van der Waals surface area contributed by atoms with Crippen molar-refractivity contribution in [3.8, 4) is 0 Å². The second-order valence-corrected chi connectivity index (χ2v) is 9.02. The van der Waals surface area contributed by atoms with Crippen LogP contribution in [0.2, 0.25) is 0 Å². The van der Waals surface area contributed by atoms with Gasteiger partial charge in [0, 0.05) is 7.05 Å². The monoisotopic (exact) mass is 466 g/mol. The first-order valence-electron chi connectivity index (χ1n) is 10.0. The minimum Gasteiger partial charge on any atom is -0.465 e. The van der Waals surface area contributed by atoms with Crippen molar-refractivity contribution in [1.29, 1.82) is 0 Å². The molecule has 9 nitrogen and oxygen atoms in total. The zero-order valence-corrected chi connectivity index (χ0v) is 19.1. The van der Waals surface area contributed by atoms with Crippen LogP contribution in [-0.2, 0) is 21.3 Å². The van der Waals surface area contributed by atoms with E-state index in [0.717, 1.165) is 0 Å². The number of esters is 1. The Kier molecular flexibility index (Phi) is 6.01. The van der Waals surface area contributed by atoms with Gasteiger partial charge >= 0.3 is 5.97 Å². The van der Waals surface area contributed by atoms with Crippen molar-refractivity contribution in [2.45, 2.75) is 18.4 Å². The number of benzene rings is 2. The number of aryl methyl sites for hydroxylation is 1. The van der Waals surface area contributed by atoms with E-state index < -0.39 is 16.0 Å². The fourth-order valence-electron chi connectivity index (χ4n) is 3.35. The molecule has 33 heavy (non-hydrogen) atoms. The van der Waals surface area contributed by atoms with Crippen LogP contribution >= 0.6 is 0 Å². The van der Waals surface area contributed by atoms with E-state index in [4.69, 9.17) is 9.15 Å². The van der Waals surface area contributed by atoms with Crippen LogP contribution in [0.25, 0.3) is 11.0 Å². The van der Waals surface area contributed by atoms with Gasteiger partial charge in [-0.25, -0.2) is 23.2 Å². The van der Waals surface area contributed by atoms with Gasteiger partial charge < -0.3 is 14.1 Å². The quantitative estimate of drug-likeness (QED) is 0.410. The van der Waals surface area contributed by atoms with E-state index in [1.54, 1.807) is 61.3 Å². The Balaban J connectivity index is 1.72. The van der Waals surface area contributed by atoms with Crippen molar-refractivity contribution in [2.75, 3.05) is 23.8 Å². The Morgan fingerprint density at radius 2 is 1.70 bits per heavy atom. The van der Waals surface area contributed by atoms with Crippen molar-refractivity contribution < 1.29 is 22.4 Å². The highest BCUT2D eigenvalue weighted by atomic mass is 32.2. The lowest BCUT2D eigenvalue weighted by molar-refractivity contribution is 0.0598. The molecule has 0 aliphatic heterocycles. The summed E-state index contributed by atoms with van der Waals surface area (Å²) in [5.41, 5.74) is 1.48. The topological polar surface area (TPSA) is 115 Å². The van der Waals surface area contributed by atoms with Crippen LogP contribution in [0.4, 0.5) is 11.6 Å². The molecule has 0 spiro atoms. The number of carbonyl (C=O) groups is 1. The van der Waals surface area contributed by atoms with Crippen molar-refractivity contribution in [1.82, 2.24) is 9.97 Å². The Morgan fingerprint density at radius 1 is 1.06 bits per heavy atom. The summed E-state index contributed by atoms with van der Waals surface area (Å²) >= 11 is 0. The number of carbonyl (C=O) groups excluding carboxylic acids is 1. The normalized spacial score (nSPS) is 11.4. The van der Waals surface area contributed by atoms with Gasteiger partial charge in [-0.15, -0.1) is 0 Å². The van der Waals surface area contributed by atoms with E-state index in [0.29, 0.717) is 33.9 Å².